The topological polar surface area (TPSA) is 138 Å². The summed E-state index contributed by atoms with van der Waals surface area (Å²) in [6.45, 7) is 0. The Hall–Kier alpha value is -3.98. The van der Waals surface area contributed by atoms with Crippen LogP contribution in [0, 0.1) is 11.8 Å². The van der Waals surface area contributed by atoms with Gasteiger partial charge in [0, 0.05) is 29.6 Å². The molecule has 4 unspecified atom stereocenters. The van der Waals surface area contributed by atoms with Gasteiger partial charge in [-0.25, -0.2) is 4.79 Å². The molecule has 0 bridgehead atoms. The second kappa shape index (κ2) is 7.56. The minimum atomic E-state index is -1.70. The van der Waals surface area contributed by atoms with Crippen molar-refractivity contribution in [2.45, 2.75) is 18.0 Å². The third kappa shape index (κ3) is 3.12. The molecule has 168 valence electrons. The Morgan fingerprint density at radius 2 is 1.79 bits per heavy atom. The van der Waals surface area contributed by atoms with Crippen molar-refractivity contribution >= 4 is 34.7 Å². The van der Waals surface area contributed by atoms with E-state index in [1.54, 1.807) is 30.5 Å². The summed E-state index contributed by atoms with van der Waals surface area (Å²) in [5.74, 6) is -4.83. The molecule has 3 aromatic rings. The molecule has 2 aliphatic heterocycles. The predicted molar refractivity (Wildman–Crippen MR) is 116 cm³/mol. The highest BCUT2D eigenvalue weighted by Gasteiger charge is 2.66. The van der Waals surface area contributed by atoms with Crippen molar-refractivity contribution in [1.29, 1.82) is 0 Å². The summed E-state index contributed by atoms with van der Waals surface area (Å²) in [6.07, 6.45) is 1.74. The van der Waals surface area contributed by atoms with E-state index in [4.69, 9.17) is 4.74 Å². The van der Waals surface area contributed by atoms with E-state index in [0.29, 0.717) is 11.1 Å². The number of rotatable bonds is 5. The van der Waals surface area contributed by atoms with E-state index in [2.05, 4.69) is 15.6 Å². The van der Waals surface area contributed by atoms with Crippen LogP contribution in [-0.2, 0) is 25.5 Å². The van der Waals surface area contributed by atoms with E-state index in [0.717, 1.165) is 16.5 Å². The zero-order chi connectivity index (χ0) is 23.3. The molecule has 2 aromatic carbocycles. The first kappa shape index (κ1) is 20.9. The van der Waals surface area contributed by atoms with Gasteiger partial charge in [0.15, 0.2) is 0 Å². The largest absolute Gasteiger partial charge is 0.480 e. The third-order valence-corrected chi connectivity index (χ3v) is 6.71. The zero-order valence-electron chi connectivity index (χ0n) is 17.6. The Morgan fingerprint density at radius 1 is 1.06 bits per heavy atom. The summed E-state index contributed by atoms with van der Waals surface area (Å²) >= 11 is 0. The molecular weight excluding hydrogens is 426 g/mol. The average Bonchev–Trinajstić information content (AvgIpc) is 3.47. The quantitative estimate of drug-likeness (QED) is 0.344. The van der Waals surface area contributed by atoms with Crippen molar-refractivity contribution in [3.63, 3.8) is 0 Å². The summed E-state index contributed by atoms with van der Waals surface area (Å²) in [5, 5.41) is 16.7. The summed E-state index contributed by atoms with van der Waals surface area (Å²) in [4.78, 5) is 53.2. The fraction of sp³-hybridized carbons (Fsp3) is 0.250. The highest BCUT2D eigenvalue weighted by Crippen LogP contribution is 2.48. The lowest BCUT2D eigenvalue weighted by molar-refractivity contribution is -0.149. The summed E-state index contributed by atoms with van der Waals surface area (Å²) in [5.41, 5.74) is 0.811. The zero-order valence-corrected chi connectivity index (χ0v) is 17.6. The molecule has 3 heterocycles. The molecule has 4 N–H and O–H groups in total. The van der Waals surface area contributed by atoms with Crippen LogP contribution in [0.4, 0.5) is 0 Å². The van der Waals surface area contributed by atoms with E-state index in [-0.39, 0.29) is 6.42 Å². The maximum atomic E-state index is 12.8. The molecule has 9 nitrogen and oxygen atoms in total. The van der Waals surface area contributed by atoms with Gasteiger partial charge in [-0.2, -0.15) is 0 Å². The van der Waals surface area contributed by atoms with E-state index in [9.17, 15) is 24.3 Å². The number of imide groups is 1. The summed E-state index contributed by atoms with van der Waals surface area (Å²) in [7, 11) is 1.28. The third-order valence-electron chi connectivity index (χ3n) is 6.71. The number of hydrogen-bond donors (Lipinski definition) is 4. The number of hydrogen-bond acceptors (Lipinski definition) is 6. The molecule has 2 fully saturated rings. The number of carboxylic acid groups (broad SMARTS) is 1. The molecule has 4 atom stereocenters. The van der Waals surface area contributed by atoms with Crippen molar-refractivity contribution in [1.82, 2.24) is 15.6 Å². The minimum absolute atomic E-state index is 0.00492. The van der Waals surface area contributed by atoms with Gasteiger partial charge in [0.2, 0.25) is 11.8 Å². The number of aromatic nitrogens is 1. The van der Waals surface area contributed by atoms with Crippen molar-refractivity contribution in [3.8, 4) is 0 Å². The second-order valence-corrected chi connectivity index (χ2v) is 8.41. The molecule has 2 saturated heterocycles. The van der Waals surface area contributed by atoms with Crippen LogP contribution in [0.25, 0.3) is 10.9 Å². The number of benzene rings is 2. The SMILES string of the molecule is COC(=O)c1ccc(C2NC(Cc3c[nH]c4ccccc34)(C(=O)O)C3C(=O)NC(=O)C23)cc1. The molecule has 33 heavy (non-hydrogen) atoms. The van der Waals surface area contributed by atoms with E-state index < -0.39 is 47.2 Å². The molecule has 1 aromatic heterocycles. The molecule has 5 rings (SSSR count). The first-order valence-electron chi connectivity index (χ1n) is 10.4. The van der Waals surface area contributed by atoms with Crippen LogP contribution in [0.2, 0.25) is 0 Å². The lowest BCUT2D eigenvalue weighted by Gasteiger charge is -2.29. The second-order valence-electron chi connectivity index (χ2n) is 8.41. The number of carbonyl (C=O) groups excluding carboxylic acids is 3. The number of aromatic amines is 1. The smallest absolute Gasteiger partial charge is 0.337 e. The van der Waals surface area contributed by atoms with Crippen molar-refractivity contribution in [2.75, 3.05) is 7.11 Å². The lowest BCUT2D eigenvalue weighted by Crippen LogP contribution is -2.57. The Balaban J connectivity index is 1.58. The molecular formula is C24H21N3O6. The highest BCUT2D eigenvalue weighted by atomic mass is 16.5. The number of amides is 2. The number of H-pyrrole nitrogens is 1. The van der Waals surface area contributed by atoms with Crippen LogP contribution in [0.3, 0.4) is 0 Å². The molecule has 9 heteroatoms. The van der Waals surface area contributed by atoms with E-state index in [1.165, 1.54) is 7.11 Å². The molecule has 0 aliphatic carbocycles. The predicted octanol–water partition coefficient (Wildman–Crippen LogP) is 1.55. The van der Waals surface area contributed by atoms with Crippen molar-refractivity contribution in [3.05, 3.63) is 71.4 Å². The molecule has 0 saturated carbocycles. The number of nitrogens with one attached hydrogen (secondary N) is 3. The van der Waals surface area contributed by atoms with Crippen molar-refractivity contribution in [2.24, 2.45) is 11.8 Å². The number of esters is 1. The number of carbonyl (C=O) groups is 4. The maximum Gasteiger partial charge on any atom is 0.337 e. The Labute approximate surface area is 188 Å². The molecule has 2 amide bonds. The number of fused-ring (bicyclic) bond motifs is 2. The fourth-order valence-electron chi connectivity index (χ4n) is 5.17. The fourth-order valence-corrected chi connectivity index (χ4v) is 5.17. The van der Waals surface area contributed by atoms with E-state index in [1.807, 2.05) is 24.3 Å². The van der Waals surface area contributed by atoms with Crippen molar-refractivity contribution < 1.29 is 29.0 Å². The number of carboxylic acids is 1. The summed E-state index contributed by atoms with van der Waals surface area (Å²) < 4.78 is 4.72. The lowest BCUT2D eigenvalue weighted by atomic mass is 9.76. The Bertz CT molecular complexity index is 1300. The van der Waals surface area contributed by atoms with Gasteiger partial charge in [0.1, 0.15) is 5.54 Å². The van der Waals surface area contributed by atoms with Gasteiger partial charge in [0.25, 0.3) is 0 Å². The molecule has 0 spiro atoms. The monoisotopic (exact) mass is 447 g/mol. The van der Waals surface area contributed by atoms with Gasteiger partial charge < -0.3 is 14.8 Å². The van der Waals surface area contributed by atoms with Gasteiger partial charge in [-0.3, -0.25) is 25.0 Å². The normalized spacial score (nSPS) is 26.3. The van der Waals surface area contributed by atoms with Crippen LogP contribution in [0.15, 0.2) is 54.7 Å². The molecule has 0 radical (unpaired) electrons. The first-order valence-corrected chi connectivity index (χ1v) is 10.4. The summed E-state index contributed by atoms with van der Waals surface area (Å²) in [6, 6.07) is 13.1. The Morgan fingerprint density at radius 3 is 2.48 bits per heavy atom. The van der Waals surface area contributed by atoms with Gasteiger partial charge in [-0.05, 0) is 29.3 Å². The number of ether oxygens (including phenoxy) is 1. The first-order chi connectivity index (χ1) is 15.9. The van der Waals surface area contributed by atoms with Crippen LogP contribution in [0.5, 0.6) is 0 Å². The van der Waals surface area contributed by atoms with E-state index >= 15 is 0 Å². The average molecular weight is 447 g/mol. The van der Waals surface area contributed by atoms with Crippen LogP contribution in [0.1, 0.15) is 27.5 Å². The Kier molecular flexibility index (Phi) is 4.79. The highest BCUT2D eigenvalue weighted by molar-refractivity contribution is 6.09. The van der Waals surface area contributed by atoms with Gasteiger partial charge in [-0.15, -0.1) is 0 Å². The van der Waals surface area contributed by atoms with Crippen LogP contribution >= 0.6 is 0 Å². The number of methoxy groups -OCH3 is 1. The van der Waals surface area contributed by atoms with Crippen LogP contribution < -0.4 is 10.6 Å². The van der Waals surface area contributed by atoms with Gasteiger partial charge >= 0.3 is 11.9 Å². The van der Waals surface area contributed by atoms with Crippen LogP contribution in [-0.4, -0.2) is 46.5 Å². The molecule has 2 aliphatic rings. The number of para-hydroxylation sites is 1. The van der Waals surface area contributed by atoms with Gasteiger partial charge in [-0.1, -0.05) is 30.3 Å². The maximum absolute atomic E-state index is 12.8. The minimum Gasteiger partial charge on any atom is -0.480 e. The number of aliphatic carboxylic acids is 1. The van der Waals surface area contributed by atoms with Gasteiger partial charge in [0.05, 0.1) is 24.5 Å². The standard InChI is InChI=1S/C24H21N3O6/c1-33-22(30)13-8-6-12(7-9-13)19-17-18(21(29)26-20(17)28)24(27-19,23(31)32)10-14-11-25-16-5-3-2-4-15(14)16/h2-9,11,17-19,25,27H,10H2,1H3,(H,31,32)(H,26,28,29).